The molecule has 0 spiro atoms. The standard InChI is InChI=1S/C26H33N3O3S.H3NO/c1-3-27-16-18-28(19-17-27)20-22-4-6-24(7-5-22)25-8-10-26(11-9-25)33(31,32)29-14-12-23(13-15-29)21(2)30;1-2/h4-12H,3,13-20H2,1-2H3;2H,1H2. The first-order chi connectivity index (χ1) is 16.9. The van der Waals surface area contributed by atoms with Gasteiger partial charge in [0.25, 0.3) is 0 Å². The van der Waals surface area contributed by atoms with Crippen LogP contribution in [-0.4, -0.2) is 79.3 Å². The van der Waals surface area contributed by atoms with Crippen molar-refractivity contribution in [1.29, 1.82) is 0 Å². The van der Waals surface area contributed by atoms with Crippen molar-refractivity contribution >= 4 is 15.8 Å². The van der Waals surface area contributed by atoms with Gasteiger partial charge in [-0.3, -0.25) is 9.69 Å². The molecule has 35 heavy (non-hydrogen) atoms. The second-order valence-corrected chi connectivity index (χ2v) is 10.8. The summed E-state index contributed by atoms with van der Waals surface area (Å²) in [6, 6.07) is 15.6. The number of rotatable bonds is 7. The number of likely N-dealkylation sites (N-methyl/N-ethyl adjacent to an activating group) is 1. The van der Waals surface area contributed by atoms with Crippen LogP contribution >= 0.6 is 0 Å². The quantitative estimate of drug-likeness (QED) is 0.563. The molecule has 0 amide bonds. The highest BCUT2D eigenvalue weighted by Gasteiger charge is 2.26. The largest absolute Gasteiger partial charge is 0.320 e. The number of hydrogen-bond donors (Lipinski definition) is 2. The zero-order valence-electron chi connectivity index (χ0n) is 20.6. The van der Waals surface area contributed by atoms with Crippen LogP contribution in [0.1, 0.15) is 25.8 Å². The van der Waals surface area contributed by atoms with E-state index in [1.807, 2.05) is 12.1 Å². The fourth-order valence-corrected chi connectivity index (χ4v) is 5.86. The average Bonchev–Trinajstić information content (AvgIpc) is 2.91. The number of ketones is 1. The number of nitrogens with zero attached hydrogens (tertiary/aromatic N) is 3. The molecular weight excluding hydrogens is 464 g/mol. The van der Waals surface area contributed by atoms with Crippen LogP contribution in [0.25, 0.3) is 11.1 Å². The highest BCUT2D eigenvalue weighted by molar-refractivity contribution is 7.89. The Morgan fingerprint density at radius 3 is 1.91 bits per heavy atom. The number of piperazine rings is 1. The van der Waals surface area contributed by atoms with Crippen molar-refractivity contribution < 1.29 is 18.4 Å². The van der Waals surface area contributed by atoms with Gasteiger partial charge in [0.1, 0.15) is 0 Å². The van der Waals surface area contributed by atoms with Gasteiger partial charge in [-0.15, -0.1) is 0 Å². The molecule has 2 aliphatic heterocycles. The van der Waals surface area contributed by atoms with Crippen molar-refractivity contribution in [2.45, 2.75) is 31.7 Å². The van der Waals surface area contributed by atoms with E-state index in [2.05, 4.69) is 46.9 Å². The molecule has 4 rings (SSSR count). The Bertz CT molecular complexity index is 1110. The summed E-state index contributed by atoms with van der Waals surface area (Å²) >= 11 is 0. The molecule has 0 aliphatic carbocycles. The van der Waals surface area contributed by atoms with Gasteiger partial charge in [-0.1, -0.05) is 49.4 Å². The van der Waals surface area contributed by atoms with E-state index in [0.29, 0.717) is 18.5 Å². The fraction of sp³-hybridized carbons (Fsp3) is 0.423. The zero-order valence-corrected chi connectivity index (χ0v) is 21.4. The van der Waals surface area contributed by atoms with Gasteiger partial charge in [-0.05, 0) is 54.3 Å². The Hall–Kier alpha value is -2.40. The maximum Gasteiger partial charge on any atom is 0.243 e. The van der Waals surface area contributed by atoms with E-state index in [4.69, 9.17) is 5.21 Å². The Morgan fingerprint density at radius 2 is 1.43 bits per heavy atom. The maximum atomic E-state index is 13.0. The molecule has 0 aromatic heterocycles. The molecule has 0 saturated carbocycles. The van der Waals surface area contributed by atoms with Gasteiger partial charge in [-0.25, -0.2) is 14.3 Å². The van der Waals surface area contributed by atoms with Crippen molar-refractivity contribution in [2.75, 3.05) is 45.8 Å². The monoisotopic (exact) mass is 500 g/mol. The molecule has 2 aromatic carbocycles. The molecule has 1 saturated heterocycles. The van der Waals surface area contributed by atoms with Crippen LogP contribution in [0.3, 0.4) is 0 Å². The number of sulfonamides is 1. The number of carbonyl (C=O) groups is 1. The van der Waals surface area contributed by atoms with Crippen molar-refractivity contribution in [3.63, 3.8) is 0 Å². The molecule has 2 heterocycles. The van der Waals surface area contributed by atoms with Crippen molar-refractivity contribution in [3.8, 4) is 11.1 Å². The summed E-state index contributed by atoms with van der Waals surface area (Å²) in [5.74, 6) is 3.52. The Kier molecular flexibility index (Phi) is 9.73. The minimum absolute atomic E-state index is 0.0153. The lowest BCUT2D eigenvalue weighted by atomic mass is 10.0. The Morgan fingerprint density at radius 1 is 0.886 bits per heavy atom. The molecule has 0 atom stereocenters. The highest BCUT2D eigenvalue weighted by Crippen LogP contribution is 2.25. The van der Waals surface area contributed by atoms with Crippen molar-refractivity contribution in [3.05, 3.63) is 65.7 Å². The van der Waals surface area contributed by atoms with Gasteiger partial charge in [0.2, 0.25) is 10.0 Å². The average molecular weight is 501 g/mol. The number of Topliss-reactive ketones (excluding diaryl/α,β-unsaturated/α-hetero) is 1. The molecule has 8 nitrogen and oxygen atoms in total. The SMILES string of the molecule is CCN1CCN(Cc2ccc(-c3ccc(S(=O)(=O)N4CC=C(C(C)=O)CC4)cc3)cc2)CC1.NO. The van der Waals surface area contributed by atoms with Gasteiger partial charge in [0.05, 0.1) is 4.90 Å². The topological polar surface area (TPSA) is 107 Å². The van der Waals surface area contributed by atoms with E-state index in [0.717, 1.165) is 50.4 Å². The third-order valence-corrected chi connectivity index (χ3v) is 8.60. The smallest absolute Gasteiger partial charge is 0.243 e. The van der Waals surface area contributed by atoms with Crippen LogP contribution in [0.15, 0.2) is 65.1 Å². The van der Waals surface area contributed by atoms with E-state index in [1.54, 1.807) is 18.2 Å². The molecule has 190 valence electrons. The van der Waals surface area contributed by atoms with Crippen LogP contribution < -0.4 is 5.90 Å². The highest BCUT2D eigenvalue weighted by atomic mass is 32.2. The van der Waals surface area contributed by atoms with Gasteiger partial charge in [-0.2, -0.15) is 4.31 Å². The second-order valence-electron chi connectivity index (χ2n) is 8.83. The van der Waals surface area contributed by atoms with Crippen LogP contribution in [0.5, 0.6) is 0 Å². The van der Waals surface area contributed by atoms with Gasteiger partial charge in [0.15, 0.2) is 5.78 Å². The molecule has 1 fully saturated rings. The van der Waals surface area contributed by atoms with Crippen LogP contribution in [0.4, 0.5) is 0 Å². The van der Waals surface area contributed by atoms with Crippen LogP contribution in [0, 0.1) is 0 Å². The van der Waals surface area contributed by atoms with Crippen molar-refractivity contribution in [2.24, 2.45) is 5.90 Å². The first-order valence-electron chi connectivity index (χ1n) is 12.0. The first-order valence-corrected chi connectivity index (χ1v) is 13.4. The van der Waals surface area contributed by atoms with Gasteiger partial charge in [0, 0.05) is 45.8 Å². The summed E-state index contributed by atoms with van der Waals surface area (Å²) < 4.78 is 27.4. The van der Waals surface area contributed by atoms with E-state index in [-0.39, 0.29) is 17.2 Å². The molecule has 2 aliphatic rings. The predicted octanol–water partition coefficient (Wildman–Crippen LogP) is 2.74. The Labute approximate surface area is 208 Å². The second kappa shape index (κ2) is 12.5. The van der Waals surface area contributed by atoms with Gasteiger partial charge >= 0.3 is 0 Å². The molecule has 0 bridgehead atoms. The molecule has 0 radical (unpaired) electrons. The number of nitrogens with two attached hydrogens (primary N) is 1. The minimum Gasteiger partial charge on any atom is -0.320 e. The summed E-state index contributed by atoms with van der Waals surface area (Å²) in [5, 5.41) is 6.50. The van der Waals surface area contributed by atoms with E-state index in [9.17, 15) is 13.2 Å². The molecular formula is C26H36N4O4S. The van der Waals surface area contributed by atoms with E-state index in [1.165, 1.54) is 16.8 Å². The van der Waals surface area contributed by atoms with E-state index < -0.39 is 10.0 Å². The lowest BCUT2D eigenvalue weighted by Crippen LogP contribution is -2.45. The van der Waals surface area contributed by atoms with Crippen molar-refractivity contribution in [1.82, 2.24) is 14.1 Å². The van der Waals surface area contributed by atoms with Gasteiger partial charge < -0.3 is 10.1 Å². The molecule has 9 heteroatoms. The molecule has 3 N–H and O–H groups in total. The summed E-state index contributed by atoms with van der Waals surface area (Å²) in [7, 11) is -3.57. The third-order valence-electron chi connectivity index (χ3n) is 6.72. The minimum atomic E-state index is -3.57. The zero-order chi connectivity index (χ0) is 25.4. The third kappa shape index (κ3) is 6.84. The van der Waals surface area contributed by atoms with Crippen LogP contribution in [-0.2, 0) is 21.4 Å². The van der Waals surface area contributed by atoms with E-state index >= 15 is 0 Å². The summed E-state index contributed by atoms with van der Waals surface area (Å²) in [5.41, 5.74) is 4.08. The molecule has 2 aromatic rings. The number of carbonyl (C=O) groups excluding carboxylic acids is 1. The normalized spacial score (nSPS) is 17.9. The number of benzene rings is 2. The fourth-order valence-electron chi connectivity index (χ4n) is 4.48. The summed E-state index contributed by atoms with van der Waals surface area (Å²) in [6.45, 7) is 10.9. The first kappa shape index (κ1) is 27.2. The maximum absolute atomic E-state index is 13.0. The molecule has 0 unspecified atom stereocenters. The van der Waals surface area contributed by atoms with Crippen LogP contribution in [0.2, 0.25) is 0 Å². The summed E-state index contributed by atoms with van der Waals surface area (Å²) in [6.07, 6.45) is 2.19. The summed E-state index contributed by atoms with van der Waals surface area (Å²) in [4.78, 5) is 16.8. The lowest BCUT2D eigenvalue weighted by molar-refractivity contribution is -0.113. The Balaban J connectivity index is 0.00000167. The predicted molar refractivity (Wildman–Crippen MR) is 137 cm³/mol. The lowest BCUT2D eigenvalue weighted by Gasteiger charge is -2.34. The number of hydrogen-bond acceptors (Lipinski definition) is 7.